The van der Waals surface area contributed by atoms with Crippen LogP contribution in [0.3, 0.4) is 0 Å². The number of H-pyrrole nitrogens is 1. The highest BCUT2D eigenvalue weighted by Gasteiger charge is 2.22. The average Bonchev–Trinajstić information content (AvgIpc) is 3.05. The fourth-order valence-corrected chi connectivity index (χ4v) is 2.63. The van der Waals surface area contributed by atoms with E-state index in [1.165, 1.54) is 12.1 Å². The summed E-state index contributed by atoms with van der Waals surface area (Å²) in [4.78, 5) is 21.5. The lowest BCUT2D eigenvalue weighted by atomic mass is 10.2. The van der Waals surface area contributed by atoms with Crippen LogP contribution in [0, 0.1) is 0 Å². The molecule has 3 rings (SSSR count). The van der Waals surface area contributed by atoms with Gasteiger partial charge >= 0.3 is 6.61 Å². The van der Waals surface area contributed by atoms with E-state index in [1.54, 1.807) is 36.3 Å². The monoisotopic (exact) mass is 345 g/mol. The van der Waals surface area contributed by atoms with Crippen molar-refractivity contribution < 1.29 is 18.3 Å². The van der Waals surface area contributed by atoms with Crippen LogP contribution in [0.5, 0.6) is 5.75 Å². The summed E-state index contributed by atoms with van der Waals surface area (Å²) in [6.07, 6.45) is 1.67. The van der Waals surface area contributed by atoms with Crippen LogP contribution < -0.4 is 4.74 Å². The molecule has 1 aromatic carbocycles. The van der Waals surface area contributed by atoms with Gasteiger partial charge in [-0.05, 0) is 37.3 Å². The second kappa shape index (κ2) is 6.88. The summed E-state index contributed by atoms with van der Waals surface area (Å²) < 4.78 is 29.6. The average molecular weight is 345 g/mol. The van der Waals surface area contributed by atoms with Crippen LogP contribution in [-0.4, -0.2) is 34.4 Å². The van der Waals surface area contributed by atoms with Crippen molar-refractivity contribution in [2.24, 2.45) is 0 Å². The fraction of sp³-hybridized carbons (Fsp3) is 0.222. The van der Waals surface area contributed by atoms with Crippen molar-refractivity contribution in [1.29, 1.82) is 0 Å². The van der Waals surface area contributed by atoms with Crippen LogP contribution in [0.2, 0.25) is 0 Å². The van der Waals surface area contributed by atoms with E-state index >= 15 is 0 Å². The molecule has 0 aliphatic carbocycles. The van der Waals surface area contributed by atoms with Crippen LogP contribution in [0.25, 0.3) is 10.9 Å². The molecular formula is C18H17F2N3O2. The number of hydrogen-bond donors (Lipinski definition) is 1. The zero-order chi connectivity index (χ0) is 18.0. The molecule has 3 aromatic rings. The third-order valence-corrected chi connectivity index (χ3v) is 4.09. The summed E-state index contributed by atoms with van der Waals surface area (Å²) in [5, 5.41) is 0.435. The number of nitrogens with zero attached hydrogens (tertiary/aromatic N) is 2. The molecule has 1 amide bonds. The molecule has 0 fully saturated rings. The van der Waals surface area contributed by atoms with E-state index in [-0.39, 0.29) is 17.7 Å². The highest BCUT2D eigenvalue weighted by Crippen LogP contribution is 2.29. The molecule has 0 aliphatic rings. The van der Waals surface area contributed by atoms with Crippen molar-refractivity contribution in [3.63, 3.8) is 0 Å². The third kappa shape index (κ3) is 3.45. The number of halogens is 2. The summed E-state index contributed by atoms with van der Waals surface area (Å²) in [7, 11) is 1.67. The summed E-state index contributed by atoms with van der Waals surface area (Å²) in [5.41, 5.74) is 1.61. The van der Waals surface area contributed by atoms with Crippen molar-refractivity contribution >= 4 is 16.8 Å². The lowest BCUT2D eigenvalue weighted by Gasteiger charge is -2.23. The highest BCUT2D eigenvalue weighted by atomic mass is 19.3. The number of aromatic nitrogens is 2. The smallest absolute Gasteiger partial charge is 0.387 e. The molecule has 2 aromatic heterocycles. The Kier molecular flexibility index (Phi) is 4.65. The Morgan fingerprint density at radius 3 is 2.72 bits per heavy atom. The van der Waals surface area contributed by atoms with E-state index < -0.39 is 6.61 Å². The second-order valence-corrected chi connectivity index (χ2v) is 5.63. The molecule has 1 N–H and O–H groups in total. The maximum atomic E-state index is 12.7. The molecule has 2 heterocycles. The lowest BCUT2D eigenvalue weighted by molar-refractivity contribution is -0.0487. The molecule has 0 aliphatic heterocycles. The van der Waals surface area contributed by atoms with Gasteiger partial charge < -0.3 is 14.6 Å². The van der Waals surface area contributed by atoms with Crippen LogP contribution in [0.1, 0.15) is 29.1 Å². The Morgan fingerprint density at radius 1 is 1.24 bits per heavy atom. The first-order chi connectivity index (χ1) is 12.0. The minimum absolute atomic E-state index is 0.0308. The first-order valence-corrected chi connectivity index (χ1v) is 7.72. The molecule has 1 atom stereocenters. The molecular weight excluding hydrogens is 328 g/mol. The van der Waals surface area contributed by atoms with Crippen molar-refractivity contribution in [2.75, 3.05) is 7.05 Å². The Morgan fingerprint density at radius 2 is 2.04 bits per heavy atom. The van der Waals surface area contributed by atoms with Crippen molar-refractivity contribution in [2.45, 2.75) is 19.6 Å². The first-order valence-electron chi connectivity index (χ1n) is 7.72. The molecule has 7 heteroatoms. The van der Waals surface area contributed by atoms with Gasteiger partial charge in [-0.25, -0.2) is 0 Å². The van der Waals surface area contributed by atoms with Crippen LogP contribution in [0.4, 0.5) is 8.78 Å². The Hall–Kier alpha value is -2.96. The largest absolute Gasteiger partial charge is 0.434 e. The minimum Gasteiger partial charge on any atom is -0.434 e. The van der Waals surface area contributed by atoms with Gasteiger partial charge in [-0.15, -0.1) is 0 Å². The quantitative estimate of drug-likeness (QED) is 0.760. The van der Waals surface area contributed by atoms with Gasteiger partial charge in [0.05, 0.1) is 11.7 Å². The van der Waals surface area contributed by atoms with Gasteiger partial charge in [0.15, 0.2) is 0 Å². The number of ether oxygens (including phenoxy) is 1. The fourth-order valence-electron chi connectivity index (χ4n) is 2.63. The number of aromatic amines is 1. The number of fused-ring (bicyclic) bond motifs is 1. The van der Waals surface area contributed by atoms with Gasteiger partial charge in [-0.1, -0.05) is 12.1 Å². The molecule has 5 nitrogen and oxygen atoms in total. The maximum absolute atomic E-state index is 12.7. The number of hydrogen-bond acceptors (Lipinski definition) is 3. The van der Waals surface area contributed by atoms with Crippen molar-refractivity contribution in [3.05, 3.63) is 60.0 Å². The molecule has 25 heavy (non-hydrogen) atoms. The zero-order valence-corrected chi connectivity index (χ0v) is 13.7. The number of carbonyl (C=O) groups excluding carboxylic acids is 1. The van der Waals surface area contributed by atoms with Gasteiger partial charge in [-0.3, -0.25) is 9.78 Å². The molecule has 0 saturated heterocycles. The molecule has 0 radical (unpaired) electrons. The molecule has 0 bridgehead atoms. The number of rotatable bonds is 5. The van der Waals surface area contributed by atoms with Gasteiger partial charge in [0, 0.05) is 24.1 Å². The lowest BCUT2D eigenvalue weighted by Crippen LogP contribution is -2.30. The summed E-state index contributed by atoms with van der Waals surface area (Å²) in [6.45, 7) is -1.06. The summed E-state index contributed by atoms with van der Waals surface area (Å²) in [5.74, 6) is -0.236. The van der Waals surface area contributed by atoms with E-state index in [9.17, 15) is 13.6 Å². The van der Waals surface area contributed by atoms with Gasteiger partial charge in [0.1, 0.15) is 11.4 Å². The standard InChI is InChI=1S/C18H17F2N3O2/c1-11(13-6-3-4-9-21-13)23(2)17(24)15-10-12-14(22-15)7-5-8-16(12)25-18(19)20/h3-11,18,22H,1-2H3. The van der Waals surface area contributed by atoms with Crippen LogP contribution in [0.15, 0.2) is 48.7 Å². The van der Waals surface area contributed by atoms with Crippen molar-refractivity contribution in [1.82, 2.24) is 14.9 Å². The number of amides is 1. The predicted octanol–water partition coefficient (Wildman–Crippen LogP) is 4.00. The van der Waals surface area contributed by atoms with E-state index in [4.69, 9.17) is 0 Å². The minimum atomic E-state index is -2.92. The normalized spacial score (nSPS) is 12.4. The van der Waals surface area contributed by atoms with Gasteiger partial charge in [0.25, 0.3) is 5.91 Å². The van der Waals surface area contributed by atoms with Crippen LogP contribution >= 0.6 is 0 Å². The third-order valence-electron chi connectivity index (χ3n) is 4.09. The van der Waals surface area contributed by atoms with E-state index in [2.05, 4.69) is 14.7 Å². The topological polar surface area (TPSA) is 58.2 Å². The maximum Gasteiger partial charge on any atom is 0.387 e. The SMILES string of the molecule is CC(c1ccccn1)N(C)C(=O)c1cc2c(OC(F)F)cccc2[nH]1. The second-order valence-electron chi connectivity index (χ2n) is 5.63. The molecule has 0 spiro atoms. The Bertz CT molecular complexity index is 880. The highest BCUT2D eigenvalue weighted by molar-refractivity contribution is 5.99. The molecule has 1 unspecified atom stereocenters. The van der Waals surface area contributed by atoms with Gasteiger partial charge in [-0.2, -0.15) is 8.78 Å². The predicted molar refractivity (Wildman–Crippen MR) is 89.7 cm³/mol. The van der Waals surface area contributed by atoms with Crippen molar-refractivity contribution in [3.8, 4) is 5.75 Å². The van der Waals surface area contributed by atoms with Gasteiger partial charge in [0.2, 0.25) is 0 Å². The number of carbonyl (C=O) groups is 1. The summed E-state index contributed by atoms with van der Waals surface area (Å²) in [6, 6.07) is 11.5. The number of benzene rings is 1. The van der Waals surface area contributed by atoms with E-state index in [0.29, 0.717) is 16.6 Å². The molecule has 130 valence electrons. The van der Waals surface area contributed by atoms with Crippen LogP contribution in [-0.2, 0) is 0 Å². The number of alkyl halides is 2. The number of pyridine rings is 1. The van der Waals surface area contributed by atoms with E-state index in [1.807, 2.05) is 19.1 Å². The summed E-state index contributed by atoms with van der Waals surface area (Å²) >= 11 is 0. The Balaban J connectivity index is 1.89. The first kappa shape index (κ1) is 16.9. The molecule has 0 saturated carbocycles. The Labute approximate surface area is 143 Å². The van der Waals surface area contributed by atoms with E-state index in [0.717, 1.165) is 5.69 Å². The zero-order valence-electron chi connectivity index (χ0n) is 13.7. The number of nitrogens with one attached hydrogen (secondary N) is 1.